The molecule has 0 unspecified atom stereocenters. The molecule has 1 aliphatic carbocycles. The summed E-state index contributed by atoms with van der Waals surface area (Å²) in [7, 11) is 0. The first-order chi connectivity index (χ1) is 12.8. The maximum atomic E-state index is 9.81. The van der Waals surface area contributed by atoms with Crippen LogP contribution >= 0.6 is 0 Å². The summed E-state index contributed by atoms with van der Waals surface area (Å²) in [5, 5.41) is 15.4. The van der Waals surface area contributed by atoms with E-state index in [9.17, 15) is 5.26 Å². The number of piperidine rings is 1. The maximum Gasteiger partial charge on any atom is 0.164 e. The summed E-state index contributed by atoms with van der Waals surface area (Å²) in [5.41, 5.74) is 3.35. The molecule has 3 aromatic rings. The van der Waals surface area contributed by atoms with Crippen molar-refractivity contribution in [2.75, 3.05) is 24.5 Å². The Morgan fingerprint density at radius 1 is 1.19 bits per heavy atom. The number of aromatic nitrogens is 3. The summed E-state index contributed by atoms with van der Waals surface area (Å²) in [4.78, 5) is 14.8. The van der Waals surface area contributed by atoms with Crippen molar-refractivity contribution < 1.29 is 0 Å². The van der Waals surface area contributed by atoms with Gasteiger partial charge in [0.1, 0.15) is 11.7 Å². The number of nitriles is 1. The van der Waals surface area contributed by atoms with E-state index in [0.717, 1.165) is 66.0 Å². The zero-order valence-electron chi connectivity index (χ0n) is 14.7. The van der Waals surface area contributed by atoms with Gasteiger partial charge in [-0.05, 0) is 56.8 Å². The normalized spacial score (nSPS) is 18.3. The van der Waals surface area contributed by atoms with Crippen LogP contribution in [-0.2, 0) is 0 Å². The number of nitrogens with zero attached hydrogens (tertiary/aromatic N) is 4. The van der Waals surface area contributed by atoms with Crippen LogP contribution in [0.25, 0.3) is 21.9 Å². The lowest BCUT2D eigenvalue weighted by molar-refractivity contribution is 0.425. The molecule has 0 amide bonds. The van der Waals surface area contributed by atoms with Crippen molar-refractivity contribution in [3.05, 3.63) is 30.2 Å². The van der Waals surface area contributed by atoms with Gasteiger partial charge in [-0.15, -0.1) is 0 Å². The van der Waals surface area contributed by atoms with Crippen LogP contribution in [0.5, 0.6) is 0 Å². The van der Waals surface area contributed by atoms with E-state index in [1.54, 1.807) is 12.4 Å². The number of hydrogen-bond donors (Lipinski definition) is 2. The molecule has 0 spiro atoms. The van der Waals surface area contributed by atoms with Gasteiger partial charge in [-0.1, -0.05) is 0 Å². The minimum atomic E-state index is 0.456. The lowest BCUT2D eigenvalue weighted by atomic mass is 10.0. The fourth-order valence-electron chi connectivity index (χ4n) is 4.18. The highest BCUT2D eigenvalue weighted by molar-refractivity contribution is 6.13. The third-order valence-corrected chi connectivity index (χ3v) is 5.68. The zero-order chi connectivity index (χ0) is 17.5. The smallest absolute Gasteiger partial charge is 0.164 e. The number of H-pyrrole nitrogens is 1. The Morgan fingerprint density at radius 2 is 2.04 bits per heavy atom. The molecule has 4 heterocycles. The topological polar surface area (TPSA) is 80.6 Å². The summed E-state index contributed by atoms with van der Waals surface area (Å²) in [6.07, 6.45) is 8.37. The molecule has 1 saturated carbocycles. The third kappa shape index (κ3) is 2.60. The number of hydrogen-bond acceptors (Lipinski definition) is 5. The Morgan fingerprint density at radius 3 is 2.81 bits per heavy atom. The highest BCUT2D eigenvalue weighted by Crippen LogP contribution is 2.39. The number of nitrogens with one attached hydrogen (secondary N) is 2. The first kappa shape index (κ1) is 15.6. The van der Waals surface area contributed by atoms with Crippen LogP contribution in [0.15, 0.2) is 24.5 Å². The van der Waals surface area contributed by atoms with Crippen molar-refractivity contribution in [3.63, 3.8) is 0 Å². The van der Waals surface area contributed by atoms with Crippen LogP contribution in [0.3, 0.4) is 0 Å². The number of anilines is 1. The molecule has 6 nitrogen and oxygen atoms in total. The Labute approximate surface area is 152 Å². The van der Waals surface area contributed by atoms with Crippen LogP contribution in [-0.4, -0.2) is 40.6 Å². The van der Waals surface area contributed by atoms with Gasteiger partial charge < -0.3 is 15.2 Å². The Hall–Kier alpha value is -2.65. The third-order valence-electron chi connectivity index (χ3n) is 5.68. The van der Waals surface area contributed by atoms with Crippen LogP contribution in [0.2, 0.25) is 0 Å². The van der Waals surface area contributed by atoms with E-state index in [0.29, 0.717) is 11.7 Å². The largest absolute Gasteiger partial charge is 0.365 e. The summed E-state index contributed by atoms with van der Waals surface area (Å²) in [6, 6.07) is 6.86. The van der Waals surface area contributed by atoms with Crippen LogP contribution in [0.4, 0.5) is 5.69 Å². The van der Waals surface area contributed by atoms with Gasteiger partial charge in [0.25, 0.3) is 0 Å². The van der Waals surface area contributed by atoms with Gasteiger partial charge in [0.15, 0.2) is 5.69 Å². The number of pyridine rings is 2. The van der Waals surface area contributed by atoms with E-state index >= 15 is 0 Å². The number of rotatable bonds is 4. The molecular formula is C20H22N6. The highest BCUT2D eigenvalue weighted by atomic mass is 15.2. The van der Waals surface area contributed by atoms with E-state index in [1.807, 2.05) is 6.07 Å². The molecule has 0 radical (unpaired) electrons. The maximum absolute atomic E-state index is 9.81. The molecular weight excluding hydrogens is 324 g/mol. The fraction of sp³-hybridized carbons (Fsp3) is 0.450. The van der Waals surface area contributed by atoms with Crippen molar-refractivity contribution in [1.29, 1.82) is 5.26 Å². The van der Waals surface area contributed by atoms with E-state index in [2.05, 4.69) is 37.3 Å². The van der Waals surface area contributed by atoms with Crippen molar-refractivity contribution in [3.8, 4) is 6.07 Å². The van der Waals surface area contributed by atoms with E-state index in [1.165, 1.54) is 12.8 Å². The van der Waals surface area contributed by atoms with Crippen molar-refractivity contribution in [1.82, 2.24) is 20.3 Å². The van der Waals surface area contributed by atoms with E-state index in [-0.39, 0.29) is 0 Å². The second-order valence-corrected chi connectivity index (χ2v) is 7.46. The van der Waals surface area contributed by atoms with Crippen LogP contribution in [0, 0.1) is 17.2 Å². The molecule has 26 heavy (non-hydrogen) atoms. The average Bonchev–Trinajstić information content (AvgIpc) is 3.44. The Kier molecular flexibility index (Phi) is 3.75. The summed E-state index contributed by atoms with van der Waals surface area (Å²) >= 11 is 0. The molecule has 2 N–H and O–H groups in total. The molecule has 5 rings (SSSR count). The SMILES string of the molecule is N#Cc1ncc2[nH]c3ncccc3c2c1N(CC1CC1)C1CCNCC1. The minimum Gasteiger partial charge on any atom is -0.365 e. The van der Waals surface area contributed by atoms with E-state index < -0.39 is 0 Å². The van der Waals surface area contributed by atoms with Gasteiger partial charge in [0.2, 0.25) is 0 Å². The lowest BCUT2D eigenvalue weighted by Crippen LogP contribution is -2.44. The number of fused-ring (bicyclic) bond motifs is 3. The molecule has 2 fully saturated rings. The lowest BCUT2D eigenvalue weighted by Gasteiger charge is -2.37. The first-order valence-corrected chi connectivity index (χ1v) is 9.48. The Balaban J connectivity index is 1.74. The van der Waals surface area contributed by atoms with Gasteiger partial charge in [-0.2, -0.15) is 5.26 Å². The standard InChI is InChI=1S/C20H22N6/c21-10-16-19(26(12-13-3-4-13)14-5-8-22-9-6-14)18-15-2-1-7-23-20(15)25-17(18)11-24-16/h1-2,7,11,13-14,22H,3-6,8-9,12H2,(H,23,25). The second kappa shape index (κ2) is 6.26. The minimum absolute atomic E-state index is 0.456. The van der Waals surface area contributed by atoms with Gasteiger partial charge in [-0.25, -0.2) is 9.97 Å². The van der Waals surface area contributed by atoms with Crippen molar-refractivity contribution >= 4 is 27.6 Å². The second-order valence-electron chi connectivity index (χ2n) is 7.46. The number of aromatic amines is 1. The molecule has 3 aromatic heterocycles. The Bertz CT molecular complexity index is 991. The van der Waals surface area contributed by atoms with Crippen LogP contribution in [0.1, 0.15) is 31.4 Å². The molecule has 6 heteroatoms. The summed E-state index contributed by atoms with van der Waals surface area (Å²) in [5.74, 6) is 0.745. The highest BCUT2D eigenvalue weighted by Gasteiger charge is 2.32. The van der Waals surface area contributed by atoms with Gasteiger partial charge >= 0.3 is 0 Å². The summed E-state index contributed by atoms with van der Waals surface area (Å²) in [6.45, 7) is 3.09. The zero-order valence-corrected chi connectivity index (χ0v) is 14.7. The summed E-state index contributed by atoms with van der Waals surface area (Å²) < 4.78 is 0. The quantitative estimate of drug-likeness (QED) is 0.759. The molecule has 1 aliphatic heterocycles. The van der Waals surface area contributed by atoms with Gasteiger partial charge in [0, 0.05) is 29.6 Å². The molecule has 0 aromatic carbocycles. The molecule has 0 atom stereocenters. The average molecular weight is 346 g/mol. The van der Waals surface area contributed by atoms with Crippen LogP contribution < -0.4 is 10.2 Å². The predicted molar refractivity (Wildman–Crippen MR) is 102 cm³/mol. The predicted octanol–water partition coefficient (Wildman–Crippen LogP) is 2.95. The van der Waals surface area contributed by atoms with Crippen molar-refractivity contribution in [2.45, 2.75) is 31.7 Å². The van der Waals surface area contributed by atoms with Crippen molar-refractivity contribution in [2.24, 2.45) is 5.92 Å². The van der Waals surface area contributed by atoms with E-state index in [4.69, 9.17) is 0 Å². The monoisotopic (exact) mass is 346 g/mol. The first-order valence-electron chi connectivity index (χ1n) is 9.48. The van der Waals surface area contributed by atoms with Gasteiger partial charge in [0.05, 0.1) is 17.4 Å². The van der Waals surface area contributed by atoms with Gasteiger partial charge in [-0.3, -0.25) is 0 Å². The molecule has 1 saturated heterocycles. The molecule has 132 valence electrons. The molecule has 0 bridgehead atoms. The fourth-order valence-corrected chi connectivity index (χ4v) is 4.18. The molecule has 2 aliphatic rings.